The first kappa shape index (κ1) is 9.96. The van der Waals surface area contributed by atoms with E-state index >= 15 is 0 Å². The van der Waals surface area contributed by atoms with Crippen LogP contribution in [0.25, 0.3) is 0 Å². The summed E-state index contributed by atoms with van der Waals surface area (Å²) in [7, 11) is 3.96. The standard InChI is InChI=1S/C9H19NO2/c1-4-11-8-6-10(3)7-9(8)12-5-2/h8-10H,3-7H2,1-2H3/t8-,9-/m1/s1. The summed E-state index contributed by atoms with van der Waals surface area (Å²) in [5.74, 6) is 0. The Morgan fingerprint density at radius 2 is 1.58 bits per heavy atom. The second kappa shape index (κ2) is 4.80. The summed E-state index contributed by atoms with van der Waals surface area (Å²) in [6, 6.07) is 0. The zero-order chi connectivity index (χ0) is 8.97. The van der Waals surface area contributed by atoms with Gasteiger partial charge in [-0.3, -0.25) is 0 Å². The lowest BCUT2D eigenvalue weighted by molar-refractivity contribution is -0.842. The third-order valence-corrected chi connectivity index (χ3v) is 2.16. The van der Waals surface area contributed by atoms with Crippen LogP contribution in [0.1, 0.15) is 13.8 Å². The van der Waals surface area contributed by atoms with Gasteiger partial charge in [-0.1, -0.05) is 0 Å². The number of nitrogens with one attached hydrogen (secondary N) is 1. The molecule has 0 amide bonds. The molecule has 0 unspecified atom stereocenters. The first-order valence-electron chi connectivity index (χ1n) is 4.67. The zero-order valence-corrected chi connectivity index (χ0v) is 8.01. The quantitative estimate of drug-likeness (QED) is 0.578. The number of ether oxygens (including phenoxy) is 2. The van der Waals surface area contributed by atoms with Crippen molar-refractivity contribution in [3.63, 3.8) is 0 Å². The molecule has 1 aliphatic heterocycles. The van der Waals surface area contributed by atoms with Crippen molar-refractivity contribution in [2.24, 2.45) is 0 Å². The molecule has 0 aromatic rings. The molecular formula is C9H19NO2. The zero-order valence-electron chi connectivity index (χ0n) is 8.01. The van der Waals surface area contributed by atoms with Crippen LogP contribution in [0.15, 0.2) is 0 Å². The molecule has 2 atom stereocenters. The fourth-order valence-electron chi connectivity index (χ4n) is 1.68. The number of hydrogen-bond donors (Lipinski definition) is 1. The first-order chi connectivity index (χ1) is 5.77. The molecule has 12 heavy (non-hydrogen) atoms. The Hall–Kier alpha value is -0.120. The van der Waals surface area contributed by atoms with E-state index in [0.29, 0.717) is 0 Å². The minimum Gasteiger partial charge on any atom is -0.463 e. The van der Waals surface area contributed by atoms with Gasteiger partial charge in [-0.2, -0.15) is 7.05 Å². The Balaban J connectivity index is 2.36. The summed E-state index contributed by atoms with van der Waals surface area (Å²) in [6.07, 6.45) is 0.505. The Bertz CT molecular complexity index is 116. The summed E-state index contributed by atoms with van der Waals surface area (Å²) in [6.45, 7) is 7.51. The van der Waals surface area contributed by atoms with Crippen LogP contribution in [0.3, 0.4) is 0 Å². The van der Waals surface area contributed by atoms with Crippen molar-refractivity contribution in [3.8, 4) is 0 Å². The van der Waals surface area contributed by atoms with Crippen molar-refractivity contribution in [3.05, 3.63) is 7.05 Å². The largest absolute Gasteiger partial charge is 0.463 e. The summed E-state index contributed by atoms with van der Waals surface area (Å²) >= 11 is 0. The molecule has 0 aliphatic carbocycles. The molecule has 0 saturated carbocycles. The number of hydrogen-bond acceptors (Lipinski definition) is 2. The van der Waals surface area contributed by atoms with Gasteiger partial charge in [0.15, 0.2) is 0 Å². The highest BCUT2D eigenvalue weighted by Crippen LogP contribution is 2.05. The molecule has 1 saturated heterocycles. The van der Waals surface area contributed by atoms with Crippen LogP contribution in [-0.2, 0) is 9.47 Å². The minimum absolute atomic E-state index is 0.252. The van der Waals surface area contributed by atoms with E-state index in [-0.39, 0.29) is 12.2 Å². The van der Waals surface area contributed by atoms with Crippen LogP contribution in [0.5, 0.6) is 0 Å². The Morgan fingerprint density at radius 3 is 1.92 bits per heavy atom. The molecule has 0 spiro atoms. The smallest absolute Gasteiger partial charge is 0.136 e. The van der Waals surface area contributed by atoms with Crippen LogP contribution in [-0.4, -0.2) is 38.5 Å². The van der Waals surface area contributed by atoms with Crippen LogP contribution < -0.4 is 4.90 Å². The highest BCUT2D eigenvalue weighted by Gasteiger charge is 2.32. The molecule has 0 radical (unpaired) electrons. The third-order valence-electron chi connectivity index (χ3n) is 2.16. The maximum Gasteiger partial charge on any atom is 0.136 e. The van der Waals surface area contributed by atoms with Gasteiger partial charge in [0.25, 0.3) is 0 Å². The molecule has 1 fully saturated rings. The molecule has 1 rings (SSSR count). The van der Waals surface area contributed by atoms with Gasteiger partial charge in [0.1, 0.15) is 12.2 Å². The van der Waals surface area contributed by atoms with Crippen molar-refractivity contribution < 1.29 is 14.4 Å². The van der Waals surface area contributed by atoms with Crippen molar-refractivity contribution >= 4 is 0 Å². The van der Waals surface area contributed by atoms with Crippen molar-refractivity contribution in [1.82, 2.24) is 0 Å². The normalized spacial score (nSPS) is 31.2. The van der Waals surface area contributed by atoms with E-state index in [9.17, 15) is 0 Å². The van der Waals surface area contributed by atoms with E-state index in [4.69, 9.17) is 9.47 Å². The summed E-state index contributed by atoms with van der Waals surface area (Å²) in [5, 5.41) is 0. The van der Waals surface area contributed by atoms with Crippen molar-refractivity contribution in [2.75, 3.05) is 26.3 Å². The molecule has 72 valence electrons. The molecule has 1 heterocycles. The summed E-state index contributed by atoms with van der Waals surface area (Å²) < 4.78 is 11.1. The summed E-state index contributed by atoms with van der Waals surface area (Å²) in [5.41, 5.74) is 0. The van der Waals surface area contributed by atoms with Crippen LogP contribution in [0, 0.1) is 7.05 Å². The molecule has 0 bridgehead atoms. The van der Waals surface area contributed by atoms with Gasteiger partial charge in [0.05, 0.1) is 13.1 Å². The van der Waals surface area contributed by atoms with Crippen LogP contribution >= 0.6 is 0 Å². The fraction of sp³-hybridized carbons (Fsp3) is 0.889. The van der Waals surface area contributed by atoms with Crippen LogP contribution in [0.2, 0.25) is 0 Å². The number of quaternary nitrogens is 1. The predicted octanol–water partition coefficient (Wildman–Crippen LogP) is -0.513. The minimum atomic E-state index is 0.252. The highest BCUT2D eigenvalue weighted by molar-refractivity contribution is 4.74. The van der Waals surface area contributed by atoms with Gasteiger partial charge < -0.3 is 14.4 Å². The number of rotatable bonds is 4. The Labute approximate surface area is 74.6 Å². The summed E-state index contributed by atoms with van der Waals surface area (Å²) in [4.78, 5) is 1.26. The van der Waals surface area contributed by atoms with Gasteiger partial charge in [0.2, 0.25) is 0 Å². The maximum atomic E-state index is 5.55. The lowest BCUT2D eigenvalue weighted by Crippen LogP contribution is -3.05. The van der Waals surface area contributed by atoms with Gasteiger partial charge >= 0.3 is 0 Å². The molecule has 0 aromatic carbocycles. The molecule has 0 aromatic heterocycles. The number of likely N-dealkylation sites (tertiary alicyclic amines) is 1. The molecular weight excluding hydrogens is 154 g/mol. The molecule has 3 nitrogen and oxygen atoms in total. The van der Waals surface area contributed by atoms with Gasteiger partial charge in [0, 0.05) is 13.2 Å². The SMILES string of the molecule is [CH2-][NH+]1C[C@@H](OCC)[C@H](OCC)C1. The van der Waals surface area contributed by atoms with Gasteiger partial charge in [-0.15, -0.1) is 0 Å². The van der Waals surface area contributed by atoms with E-state index in [1.54, 1.807) is 0 Å². The predicted molar refractivity (Wildman–Crippen MR) is 46.9 cm³/mol. The first-order valence-corrected chi connectivity index (χ1v) is 4.67. The van der Waals surface area contributed by atoms with E-state index in [0.717, 1.165) is 26.3 Å². The van der Waals surface area contributed by atoms with E-state index in [1.165, 1.54) is 4.90 Å². The van der Waals surface area contributed by atoms with Gasteiger partial charge in [-0.25, -0.2) is 0 Å². The van der Waals surface area contributed by atoms with E-state index in [1.807, 2.05) is 13.8 Å². The lowest BCUT2D eigenvalue weighted by Gasteiger charge is -2.15. The van der Waals surface area contributed by atoms with Crippen LogP contribution in [0.4, 0.5) is 0 Å². The maximum absolute atomic E-state index is 5.55. The van der Waals surface area contributed by atoms with Crippen molar-refractivity contribution in [1.29, 1.82) is 0 Å². The van der Waals surface area contributed by atoms with Crippen molar-refractivity contribution in [2.45, 2.75) is 26.1 Å². The fourth-order valence-corrected chi connectivity index (χ4v) is 1.68. The lowest BCUT2D eigenvalue weighted by atomic mass is 10.2. The molecule has 3 heteroatoms. The average molecular weight is 173 g/mol. The van der Waals surface area contributed by atoms with E-state index in [2.05, 4.69) is 7.05 Å². The molecule has 1 aliphatic rings. The monoisotopic (exact) mass is 173 g/mol. The third kappa shape index (κ3) is 2.44. The second-order valence-electron chi connectivity index (χ2n) is 3.15. The Morgan fingerprint density at radius 1 is 1.17 bits per heavy atom. The van der Waals surface area contributed by atoms with E-state index < -0.39 is 0 Å². The average Bonchev–Trinajstić information content (AvgIpc) is 2.33. The van der Waals surface area contributed by atoms with Gasteiger partial charge in [-0.05, 0) is 13.8 Å². The molecule has 1 N–H and O–H groups in total. The highest BCUT2D eigenvalue weighted by atomic mass is 16.5. The topological polar surface area (TPSA) is 22.9 Å². The second-order valence-corrected chi connectivity index (χ2v) is 3.15. The Kier molecular flexibility index (Phi) is 3.98.